The van der Waals surface area contributed by atoms with Gasteiger partial charge in [-0.2, -0.15) is 0 Å². The first-order chi connectivity index (χ1) is 17.9. The Morgan fingerprint density at radius 1 is 1.16 bits per heavy atom. The number of Topliss-reactive ketones (excluding diaryl/α,β-unsaturated/α-hetero) is 1. The van der Waals surface area contributed by atoms with Gasteiger partial charge in [-0.05, 0) is 60.7 Å². The highest BCUT2D eigenvalue weighted by molar-refractivity contribution is 5.95. The van der Waals surface area contributed by atoms with Crippen LogP contribution in [0.4, 0.5) is 13.2 Å². The highest BCUT2D eigenvalue weighted by Crippen LogP contribution is 2.52. The molecule has 1 aromatic heterocycles. The molecule has 0 unspecified atom stereocenters. The summed E-state index contributed by atoms with van der Waals surface area (Å²) in [6.07, 6.45) is -3.07. The number of ether oxygens (including phenoxy) is 3. The standard InChI is InChI=1S/C28H30F3NO6/c1-26(2,7-8-36-15-19(34)14-33)24-10-17-9-16(20(29)13-21(17)32-24)11-25(35)27(5-6-27)18-3-4-22-23(12-18)38-28(30,31)37-22/h3-4,9-10,12-13,19,32-34H,5-8,11,14-15H2,1-2H3/t19-/m0/s1. The van der Waals surface area contributed by atoms with Gasteiger partial charge in [-0.15, -0.1) is 8.78 Å². The number of H-pyrrole nitrogens is 1. The quantitative estimate of drug-likeness (QED) is 0.314. The minimum absolute atomic E-state index is 0.0438. The number of nitrogens with one attached hydrogen (secondary N) is 1. The molecule has 2 aromatic carbocycles. The summed E-state index contributed by atoms with van der Waals surface area (Å²) in [6, 6.07) is 9.35. The van der Waals surface area contributed by atoms with E-state index in [-0.39, 0.29) is 47.9 Å². The largest absolute Gasteiger partial charge is 0.586 e. The summed E-state index contributed by atoms with van der Waals surface area (Å²) in [4.78, 5) is 16.6. The van der Waals surface area contributed by atoms with Crippen molar-refractivity contribution in [2.24, 2.45) is 0 Å². The van der Waals surface area contributed by atoms with E-state index in [2.05, 4.69) is 14.5 Å². The first-order valence-electron chi connectivity index (χ1n) is 12.5. The topological polar surface area (TPSA) is 101 Å². The Morgan fingerprint density at radius 2 is 1.89 bits per heavy atom. The number of aromatic nitrogens is 1. The zero-order chi connectivity index (χ0) is 27.3. The molecule has 5 rings (SSSR count). The Hall–Kier alpha value is -3.08. The highest BCUT2D eigenvalue weighted by Gasteiger charge is 2.52. The maximum atomic E-state index is 15.1. The van der Waals surface area contributed by atoms with Crippen LogP contribution in [0.15, 0.2) is 36.4 Å². The van der Waals surface area contributed by atoms with E-state index >= 15 is 4.39 Å². The third-order valence-electron chi connectivity index (χ3n) is 7.50. The van der Waals surface area contributed by atoms with Crippen molar-refractivity contribution < 1.29 is 42.4 Å². The van der Waals surface area contributed by atoms with Crippen LogP contribution in [0.5, 0.6) is 11.5 Å². The Balaban J connectivity index is 1.30. The molecule has 1 fully saturated rings. The summed E-state index contributed by atoms with van der Waals surface area (Å²) in [5.74, 6) is -0.880. The van der Waals surface area contributed by atoms with Crippen molar-refractivity contribution >= 4 is 16.7 Å². The van der Waals surface area contributed by atoms with Gasteiger partial charge in [-0.3, -0.25) is 4.79 Å². The minimum Gasteiger partial charge on any atom is -0.395 e. The summed E-state index contributed by atoms with van der Waals surface area (Å²) in [6.45, 7) is 4.08. The zero-order valence-corrected chi connectivity index (χ0v) is 21.2. The minimum atomic E-state index is -3.74. The molecule has 10 heteroatoms. The van der Waals surface area contributed by atoms with Crippen molar-refractivity contribution in [3.63, 3.8) is 0 Å². The highest BCUT2D eigenvalue weighted by atomic mass is 19.3. The molecule has 1 saturated carbocycles. The fourth-order valence-corrected chi connectivity index (χ4v) is 4.88. The van der Waals surface area contributed by atoms with Gasteiger partial charge in [0.25, 0.3) is 0 Å². The summed E-state index contributed by atoms with van der Waals surface area (Å²) in [5.41, 5.74) is 1.11. The van der Waals surface area contributed by atoms with Gasteiger partial charge in [0.15, 0.2) is 11.5 Å². The molecule has 204 valence electrons. The smallest absolute Gasteiger partial charge is 0.395 e. The Morgan fingerprint density at radius 3 is 2.61 bits per heavy atom. The van der Waals surface area contributed by atoms with E-state index in [1.807, 2.05) is 19.9 Å². The number of hydrogen-bond donors (Lipinski definition) is 3. The van der Waals surface area contributed by atoms with E-state index in [1.54, 1.807) is 12.1 Å². The van der Waals surface area contributed by atoms with Crippen molar-refractivity contribution in [1.82, 2.24) is 4.98 Å². The van der Waals surface area contributed by atoms with Crippen LogP contribution in [-0.4, -0.2) is 53.2 Å². The molecule has 0 radical (unpaired) electrons. The molecule has 0 saturated heterocycles. The molecule has 3 aromatic rings. The van der Waals surface area contributed by atoms with Crippen molar-refractivity contribution in [3.8, 4) is 11.5 Å². The second-order valence-electron chi connectivity index (χ2n) is 10.8. The second kappa shape index (κ2) is 9.59. The Bertz CT molecular complexity index is 1360. The summed E-state index contributed by atoms with van der Waals surface area (Å²) < 4.78 is 56.3. The van der Waals surface area contributed by atoms with E-state index in [0.717, 1.165) is 11.1 Å². The van der Waals surface area contributed by atoms with E-state index in [4.69, 9.17) is 9.84 Å². The number of carbonyl (C=O) groups excluding carboxylic acids is 1. The Labute approximate surface area is 217 Å². The molecule has 1 atom stereocenters. The maximum Gasteiger partial charge on any atom is 0.586 e. The average Bonchev–Trinajstić information content (AvgIpc) is 3.47. The van der Waals surface area contributed by atoms with Crippen LogP contribution in [0.2, 0.25) is 0 Å². The number of aromatic amines is 1. The first-order valence-corrected chi connectivity index (χ1v) is 12.5. The number of carbonyl (C=O) groups is 1. The SMILES string of the molecule is CC(C)(CCOC[C@@H](O)CO)c1cc2cc(CC(=O)C3(c4ccc5c(c4)OC(F)(F)O5)CC3)c(F)cc2[nH]1. The fourth-order valence-electron chi connectivity index (χ4n) is 4.88. The molecule has 2 heterocycles. The lowest BCUT2D eigenvalue weighted by atomic mass is 9.86. The zero-order valence-electron chi connectivity index (χ0n) is 21.2. The molecule has 1 aliphatic carbocycles. The molecule has 7 nitrogen and oxygen atoms in total. The van der Waals surface area contributed by atoms with Crippen molar-refractivity contribution in [2.45, 2.75) is 62.8 Å². The molecular weight excluding hydrogens is 503 g/mol. The van der Waals surface area contributed by atoms with Gasteiger partial charge in [0, 0.05) is 35.0 Å². The van der Waals surface area contributed by atoms with Crippen LogP contribution in [0, 0.1) is 5.82 Å². The number of rotatable bonds is 11. The second-order valence-corrected chi connectivity index (χ2v) is 10.8. The normalized spacial score (nSPS) is 18.1. The van der Waals surface area contributed by atoms with Gasteiger partial charge in [0.2, 0.25) is 0 Å². The van der Waals surface area contributed by atoms with Crippen molar-refractivity contribution in [2.75, 3.05) is 19.8 Å². The molecule has 0 bridgehead atoms. The van der Waals surface area contributed by atoms with E-state index in [0.29, 0.717) is 36.9 Å². The van der Waals surface area contributed by atoms with Crippen molar-refractivity contribution in [1.29, 1.82) is 0 Å². The first kappa shape index (κ1) is 26.5. The number of aliphatic hydroxyl groups excluding tert-OH is 2. The van der Waals surface area contributed by atoms with Gasteiger partial charge in [-0.1, -0.05) is 19.9 Å². The average molecular weight is 534 g/mol. The van der Waals surface area contributed by atoms with Gasteiger partial charge in [0.1, 0.15) is 17.7 Å². The third-order valence-corrected chi connectivity index (χ3v) is 7.50. The fraction of sp³-hybridized carbons (Fsp3) is 0.464. The number of benzene rings is 2. The lowest BCUT2D eigenvalue weighted by molar-refractivity contribution is -0.286. The van der Waals surface area contributed by atoms with Crippen LogP contribution in [0.3, 0.4) is 0 Å². The number of halogens is 3. The summed E-state index contributed by atoms with van der Waals surface area (Å²) >= 11 is 0. The number of hydrogen-bond acceptors (Lipinski definition) is 6. The predicted octanol–water partition coefficient (Wildman–Crippen LogP) is 4.51. The monoisotopic (exact) mass is 533 g/mol. The van der Waals surface area contributed by atoms with E-state index in [1.165, 1.54) is 18.2 Å². The molecule has 38 heavy (non-hydrogen) atoms. The van der Waals surface area contributed by atoms with Gasteiger partial charge in [0.05, 0.1) is 18.6 Å². The summed E-state index contributed by atoms with van der Waals surface area (Å²) in [7, 11) is 0. The Kier molecular flexibility index (Phi) is 6.69. The van der Waals surface area contributed by atoms with Gasteiger partial charge >= 0.3 is 6.29 Å². The lowest BCUT2D eigenvalue weighted by Gasteiger charge is -2.23. The summed E-state index contributed by atoms with van der Waals surface area (Å²) in [5, 5.41) is 19.1. The number of aliphatic hydroxyl groups is 2. The molecule has 0 amide bonds. The molecular formula is C28H30F3NO6. The third kappa shape index (κ3) is 5.12. The molecule has 2 aliphatic rings. The van der Waals surface area contributed by atoms with Crippen LogP contribution in [-0.2, 0) is 26.8 Å². The van der Waals surface area contributed by atoms with Gasteiger partial charge in [-0.25, -0.2) is 4.39 Å². The van der Waals surface area contributed by atoms with E-state index < -0.39 is 23.6 Å². The van der Waals surface area contributed by atoms with Crippen molar-refractivity contribution in [3.05, 3.63) is 59.0 Å². The van der Waals surface area contributed by atoms with Crippen LogP contribution >= 0.6 is 0 Å². The van der Waals surface area contributed by atoms with E-state index in [9.17, 15) is 18.7 Å². The number of alkyl halides is 2. The number of fused-ring (bicyclic) bond motifs is 2. The molecule has 3 N–H and O–H groups in total. The lowest BCUT2D eigenvalue weighted by Crippen LogP contribution is -2.26. The van der Waals surface area contributed by atoms with Crippen LogP contribution < -0.4 is 9.47 Å². The van der Waals surface area contributed by atoms with Gasteiger partial charge < -0.3 is 29.4 Å². The van der Waals surface area contributed by atoms with Crippen LogP contribution in [0.1, 0.15) is 49.9 Å². The molecule has 0 spiro atoms. The van der Waals surface area contributed by atoms with Crippen LogP contribution in [0.25, 0.3) is 10.9 Å². The maximum absolute atomic E-state index is 15.1. The number of ketones is 1. The predicted molar refractivity (Wildman–Crippen MR) is 132 cm³/mol. The molecule has 1 aliphatic heterocycles.